The van der Waals surface area contributed by atoms with Crippen molar-refractivity contribution in [3.05, 3.63) is 34.9 Å². The summed E-state index contributed by atoms with van der Waals surface area (Å²) < 4.78 is 22.5. The molecule has 0 bridgehead atoms. The Morgan fingerprint density at radius 3 is 2.29 bits per heavy atom. The van der Waals surface area contributed by atoms with E-state index in [4.69, 9.17) is 0 Å². The number of sulfone groups is 1. The van der Waals surface area contributed by atoms with Crippen molar-refractivity contribution in [3.8, 4) is 0 Å². The third-order valence-corrected chi connectivity index (χ3v) is 4.59. The van der Waals surface area contributed by atoms with E-state index in [1.807, 2.05) is 32.0 Å². The fourth-order valence-electron chi connectivity index (χ4n) is 1.50. The zero-order chi connectivity index (χ0) is 13.2. The maximum Gasteiger partial charge on any atom is 0.157 e. The normalized spacial score (nSPS) is 13.4. The molecule has 1 aromatic rings. The first kappa shape index (κ1) is 13.9. The minimum absolute atomic E-state index is 0.176. The molecule has 17 heavy (non-hydrogen) atoms. The Labute approximate surface area is 103 Å². The molecular formula is C13H18O3S. The molecule has 0 radical (unpaired) electrons. The minimum atomic E-state index is -3.29. The third kappa shape index (κ3) is 3.66. The Hall–Kier alpha value is -1.16. The average molecular weight is 254 g/mol. The molecule has 0 fully saturated rings. The fourth-order valence-corrected chi connectivity index (χ4v) is 2.06. The smallest absolute Gasteiger partial charge is 0.157 e. The lowest BCUT2D eigenvalue weighted by molar-refractivity contribution is -0.117. The fraction of sp³-hybridized carbons (Fsp3) is 0.462. The lowest BCUT2D eigenvalue weighted by atomic mass is 10.0. The van der Waals surface area contributed by atoms with E-state index in [-0.39, 0.29) is 12.2 Å². The standard InChI is InChI=1S/C13H18O3S/c1-9-5-6-12(7-10(9)2)8-13(14)11(3)17(4,15)16/h5-7,11H,8H2,1-4H3. The van der Waals surface area contributed by atoms with Gasteiger partial charge in [-0.1, -0.05) is 18.2 Å². The molecule has 0 saturated heterocycles. The average Bonchev–Trinajstić information content (AvgIpc) is 2.21. The summed E-state index contributed by atoms with van der Waals surface area (Å²) in [5.41, 5.74) is 3.15. The summed E-state index contributed by atoms with van der Waals surface area (Å²) in [5, 5.41) is -0.927. The molecule has 0 amide bonds. The zero-order valence-electron chi connectivity index (χ0n) is 10.6. The monoisotopic (exact) mass is 254 g/mol. The van der Waals surface area contributed by atoms with Gasteiger partial charge in [0, 0.05) is 12.7 Å². The van der Waals surface area contributed by atoms with Crippen LogP contribution < -0.4 is 0 Å². The van der Waals surface area contributed by atoms with Crippen LogP contribution in [0.1, 0.15) is 23.6 Å². The van der Waals surface area contributed by atoms with Crippen molar-refractivity contribution in [1.29, 1.82) is 0 Å². The summed E-state index contributed by atoms with van der Waals surface area (Å²) in [6.07, 6.45) is 1.27. The van der Waals surface area contributed by atoms with Gasteiger partial charge in [0.2, 0.25) is 0 Å². The second kappa shape index (κ2) is 5.00. The molecule has 0 aromatic heterocycles. The molecule has 1 atom stereocenters. The van der Waals surface area contributed by atoms with Crippen LogP contribution in [-0.4, -0.2) is 25.7 Å². The van der Waals surface area contributed by atoms with Crippen LogP contribution in [0.25, 0.3) is 0 Å². The number of carbonyl (C=O) groups excluding carboxylic acids is 1. The first-order chi connectivity index (χ1) is 7.71. The van der Waals surface area contributed by atoms with Crippen LogP contribution in [0.3, 0.4) is 0 Å². The van der Waals surface area contributed by atoms with E-state index >= 15 is 0 Å². The summed E-state index contributed by atoms with van der Waals surface area (Å²) in [4.78, 5) is 11.8. The predicted octanol–water partition coefficient (Wildman–Crippen LogP) is 1.85. The minimum Gasteiger partial charge on any atom is -0.298 e. The Balaban J connectivity index is 2.85. The number of hydrogen-bond donors (Lipinski definition) is 0. The quantitative estimate of drug-likeness (QED) is 0.824. The van der Waals surface area contributed by atoms with E-state index in [0.29, 0.717) is 0 Å². The predicted molar refractivity (Wildman–Crippen MR) is 68.9 cm³/mol. The molecule has 0 aliphatic rings. The molecule has 0 aliphatic carbocycles. The van der Waals surface area contributed by atoms with E-state index in [1.165, 1.54) is 6.92 Å². The van der Waals surface area contributed by atoms with E-state index in [9.17, 15) is 13.2 Å². The van der Waals surface area contributed by atoms with Gasteiger partial charge >= 0.3 is 0 Å². The second-order valence-corrected chi connectivity index (χ2v) is 6.90. The summed E-state index contributed by atoms with van der Waals surface area (Å²) in [7, 11) is -3.29. The van der Waals surface area contributed by atoms with E-state index < -0.39 is 15.1 Å². The second-order valence-electron chi connectivity index (χ2n) is 4.53. The van der Waals surface area contributed by atoms with Gasteiger partial charge in [-0.2, -0.15) is 0 Å². The number of hydrogen-bond acceptors (Lipinski definition) is 3. The van der Waals surface area contributed by atoms with Crippen LogP contribution in [0.5, 0.6) is 0 Å². The summed E-state index contributed by atoms with van der Waals surface area (Å²) in [5.74, 6) is -0.254. The molecule has 4 heteroatoms. The largest absolute Gasteiger partial charge is 0.298 e. The van der Waals surface area contributed by atoms with Gasteiger partial charge in [-0.3, -0.25) is 4.79 Å². The lowest BCUT2D eigenvalue weighted by Crippen LogP contribution is -2.27. The Morgan fingerprint density at radius 2 is 1.82 bits per heavy atom. The first-order valence-corrected chi connectivity index (χ1v) is 7.45. The SMILES string of the molecule is Cc1ccc(CC(=O)C(C)S(C)(=O)=O)cc1C. The Bertz CT molecular complexity index is 530. The van der Waals surface area contributed by atoms with E-state index in [0.717, 1.165) is 22.9 Å². The summed E-state index contributed by atoms with van der Waals surface area (Å²) in [6.45, 7) is 5.42. The van der Waals surface area contributed by atoms with E-state index in [2.05, 4.69) is 0 Å². The van der Waals surface area contributed by atoms with Gasteiger partial charge in [0.1, 0.15) is 5.25 Å². The molecule has 0 saturated carbocycles. The topological polar surface area (TPSA) is 51.2 Å². The van der Waals surface area contributed by atoms with Crippen LogP contribution in [0.2, 0.25) is 0 Å². The Morgan fingerprint density at radius 1 is 1.24 bits per heavy atom. The van der Waals surface area contributed by atoms with Crippen LogP contribution >= 0.6 is 0 Å². The van der Waals surface area contributed by atoms with Crippen molar-refractivity contribution < 1.29 is 13.2 Å². The van der Waals surface area contributed by atoms with Crippen molar-refractivity contribution in [1.82, 2.24) is 0 Å². The van der Waals surface area contributed by atoms with Crippen LogP contribution in [0.15, 0.2) is 18.2 Å². The lowest BCUT2D eigenvalue weighted by Gasteiger charge is -2.09. The van der Waals surface area contributed by atoms with Crippen LogP contribution in [0, 0.1) is 13.8 Å². The highest BCUT2D eigenvalue weighted by Gasteiger charge is 2.23. The number of Topliss-reactive ketones (excluding diaryl/α,β-unsaturated/α-hetero) is 1. The molecule has 0 aliphatic heterocycles. The molecule has 1 unspecified atom stereocenters. The molecule has 1 aromatic carbocycles. The molecule has 94 valence electrons. The van der Waals surface area contributed by atoms with Crippen LogP contribution in [0.4, 0.5) is 0 Å². The third-order valence-electron chi connectivity index (χ3n) is 3.05. The maximum absolute atomic E-state index is 11.8. The van der Waals surface area contributed by atoms with Gasteiger partial charge in [-0.15, -0.1) is 0 Å². The number of carbonyl (C=O) groups is 1. The van der Waals surface area contributed by atoms with Crippen molar-refractivity contribution in [2.24, 2.45) is 0 Å². The van der Waals surface area contributed by atoms with E-state index in [1.54, 1.807) is 0 Å². The number of aryl methyl sites for hydroxylation is 2. The first-order valence-electron chi connectivity index (χ1n) is 5.49. The van der Waals surface area contributed by atoms with Gasteiger partial charge in [-0.05, 0) is 37.5 Å². The zero-order valence-corrected chi connectivity index (χ0v) is 11.5. The maximum atomic E-state index is 11.8. The molecule has 3 nitrogen and oxygen atoms in total. The highest BCUT2D eigenvalue weighted by atomic mass is 32.2. The van der Waals surface area contributed by atoms with Gasteiger partial charge in [0.15, 0.2) is 15.6 Å². The van der Waals surface area contributed by atoms with Crippen molar-refractivity contribution >= 4 is 15.6 Å². The summed E-state index contributed by atoms with van der Waals surface area (Å²) >= 11 is 0. The van der Waals surface area contributed by atoms with Crippen molar-refractivity contribution in [2.45, 2.75) is 32.4 Å². The van der Waals surface area contributed by atoms with Gasteiger partial charge in [-0.25, -0.2) is 8.42 Å². The molecule has 0 heterocycles. The molecular weight excluding hydrogens is 236 g/mol. The van der Waals surface area contributed by atoms with Crippen molar-refractivity contribution in [2.75, 3.05) is 6.26 Å². The van der Waals surface area contributed by atoms with Gasteiger partial charge in [0.05, 0.1) is 0 Å². The molecule has 0 N–H and O–H groups in total. The van der Waals surface area contributed by atoms with Crippen molar-refractivity contribution in [3.63, 3.8) is 0 Å². The summed E-state index contributed by atoms with van der Waals surface area (Å²) in [6, 6.07) is 5.75. The molecule has 0 spiro atoms. The number of rotatable bonds is 4. The van der Waals surface area contributed by atoms with Gasteiger partial charge in [0.25, 0.3) is 0 Å². The molecule has 1 rings (SSSR count). The number of ketones is 1. The van der Waals surface area contributed by atoms with Crippen LogP contribution in [-0.2, 0) is 21.1 Å². The number of benzene rings is 1. The highest BCUT2D eigenvalue weighted by molar-refractivity contribution is 7.92. The highest BCUT2D eigenvalue weighted by Crippen LogP contribution is 2.12. The van der Waals surface area contributed by atoms with Gasteiger partial charge < -0.3 is 0 Å². The Kier molecular flexibility index (Phi) is 4.09.